The Balaban J connectivity index is 2.42. The molecule has 2 aromatic carbocycles. The van der Waals surface area contributed by atoms with Crippen LogP contribution >= 0.6 is 0 Å². The van der Waals surface area contributed by atoms with Gasteiger partial charge in [-0.3, -0.25) is 0 Å². The van der Waals surface area contributed by atoms with Crippen molar-refractivity contribution in [3.63, 3.8) is 0 Å². The molecule has 0 heterocycles. The zero-order valence-corrected chi connectivity index (χ0v) is 11.5. The molecule has 7 heteroatoms. The summed E-state index contributed by atoms with van der Waals surface area (Å²) in [4.78, 5) is -0.295. The van der Waals surface area contributed by atoms with Crippen LogP contribution in [0.25, 0.3) is 0 Å². The van der Waals surface area contributed by atoms with Gasteiger partial charge in [-0.15, -0.1) is 0 Å². The molecule has 0 spiro atoms. The molecule has 0 aliphatic carbocycles. The summed E-state index contributed by atoms with van der Waals surface area (Å²) in [5.41, 5.74) is 5.10. The third-order valence-electron chi connectivity index (χ3n) is 2.85. The molecule has 108 valence electrons. The van der Waals surface area contributed by atoms with E-state index in [1.165, 1.54) is 6.07 Å². The Kier molecular flexibility index (Phi) is 3.91. The van der Waals surface area contributed by atoms with Crippen LogP contribution in [-0.2, 0) is 15.6 Å². The Morgan fingerprint density at radius 3 is 2.43 bits per heavy atom. The number of anilines is 1. The smallest absolute Gasteiger partial charge is 0.182 e. The van der Waals surface area contributed by atoms with Gasteiger partial charge in [-0.1, -0.05) is 0 Å². The third kappa shape index (κ3) is 3.17. The Morgan fingerprint density at radius 1 is 1.10 bits per heavy atom. The van der Waals surface area contributed by atoms with Crippen LogP contribution in [0.3, 0.4) is 0 Å². The Labute approximate surface area is 120 Å². The maximum absolute atomic E-state index is 13.6. The minimum absolute atomic E-state index is 0.144. The highest BCUT2D eigenvalue weighted by Crippen LogP contribution is 2.22. The second-order valence-corrected chi connectivity index (χ2v) is 6.35. The van der Waals surface area contributed by atoms with E-state index < -0.39 is 27.2 Å². The second-order valence-electron chi connectivity index (χ2n) is 4.36. The van der Waals surface area contributed by atoms with E-state index in [0.29, 0.717) is 0 Å². The summed E-state index contributed by atoms with van der Waals surface area (Å²) in [5.74, 6) is -2.27. The summed E-state index contributed by atoms with van der Waals surface area (Å²) >= 11 is 0. The standard InChI is InChI=1S/C14H10F2N2O2S/c15-12-3-1-9(7-17)5-10(12)8-21(19,20)11-2-4-14(18)13(16)6-11/h1-6H,8,18H2. The van der Waals surface area contributed by atoms with E-state index in [9.17, 15) is 17.2 Å². The number of halogens is 2. The van der Waals surface area contributed by atoms with Crippen LogP contribution in [0.2, 0.25) is 0 Å². The largest absolute Gasteiger partial charge is 0.396 e. The molecular weight excluding hydrogens is 298 g/mol. The van der Waals surface area contributed by atoms with Crippen molar-refractivity contribution >= 4 is 15.5 Å². The molecule has 0 bridgehead atoms. The van der Waals surface area contributed by atoms with Crippen molar-refractivity contribution in [2.45, 2.75) is 10.6 Å². The first-order valence-corrected chi connectivity index (χ1v) is 7.45. The van der Waals surface area contributed by atoms with E-state index >= 15 is 0 Å². The number of hydrogen-bond donors (Lipinski definition) is 1. The first-order chi connectivity index (χ1) is 9.83. The first kappa shape index (κ1) is 14.9. The maximum Gasteiger partial charge on any atom is 0.182 e. The van der Waals surface area contributed by atoms with Gasteiger partial charge in [0.15, 0.2) is 9.84 Å². The molecular formula is C14H10F2N2O2S. The van der Waals surface area contributed by atoms with Crippen LogP contribution in [0.4, 0.5) is 14.5 Å². The summed E-state index contributed by atoms with van der Waals surface area (Å²) in [6, 6.07) is 8.29. The van der Waals surface area contributed by atoms with Crippen LogP contribution in [0.15, 0.2) is 41.3 Å². The van der Waals surface area contributed by atoms with E-state index in [4.69, 9.17) is 11.0 Å². The molecule has 21 heavy (non-hydrogen) atoms. The van der Waals surface area contributed by atoms with Crippen molar-refractivity contribution in [1.82, 2.24) is 0 Å². The van der Waals surface area contributed by atoms with Crippen molar-refractivity contribution in [3.05, 3.63) is 59.2 Å². The van der Waals surface area contributed by atoms with Gasteiger partial charge in [0.25, 0.3) is 0 Å². The van der Waals surface area contributed by atoms with E-state index in [2.05, 4.69) is 0 Å². The number of nitrogens with two attached hydrogens (primary N) is 1. The van der Waals surface area contributed by atoms with E-state index in [-0.39, 0.29) is 21.7 Å². The van der Waals surface area contributed by atoms with Crippen LogP contribution in [0.5, 0.6) is 0 Å². The molecule has 0 fully saturated rings. The number of nitrogen functional groups attached to an aromatic ring is 1. The zero-order chi connectivity index (χ0) is 15.6. The molecule has 0 radical (unpaired) electrons. The second kappa shape index (κ2) is 5.50. The van der Waals surface area contributed by atoms with Gasteiger partial charge in [0.1, 0.15) is 11.6 Å². The van der Waals surface area contributed by atoms with Crippen molar-refractivity contribution in [2.24, 2.45) is 0 Å². The summed E-state index contributed by atoms with van der Waals surface area (Å²) in [6.45, 7) is 0. The van der Waals surface area contributed by atoms with Gasteiger partial charge >= 0.3 is 0 Å². The van der Waals surface area contributed by atoms with Gasteiger partial charge in [-0.05, 0) is 36.4 Å². The summed E-state index contributed by atoms with van der Waals surface area (Å²) < 4.78 is 51.3. The summed E-state index contributed by atoms with van der Waals surface area (Å²) in [7, 11) is -3.95. The third-order valence-corrected chi connectivity index (χ3v) is 4.51. The van der Waals surface area contributed by atoms with Crippen molar-refractivity contribution in [2.75, 3.05) is 5.73 Å². The number of rotatable bonds is 3. The molecule has 0 saturated heterocycles. The molecule has 2 rings (SSSR count). The number of nitrogens with zero attached hydrogens (tertiary/aromatic N) is 1. The lowest BCUT2D eigenvalue weighted by atomic mass is 10.1. The molecule has 0 aliphatic rings. The Hall–Kier alpha value is -2.46. The molecule has 2 N–H and O–H groups in total. The highest BCUT2D eigenvalue weighted by Gasteiger charge is 2.19. The molecule has 0 amide bonds. The van der Waals surface area contributed by atoms with Gasteiger partial charge < -0.3 is 5.73 Å². The fourth-order valence-electron chi connectivity index (χ4n) is 1.74. The average molecular weight is 308 g/mol. The van der Waals surface area contributed by atoms with Gasteiger partial charge in [-0.25, -0.2) is 17.2 Å². The fraction of sp³-hybridized carbons (Fsp3) is 0.0714. The first-order valence-electron chi connectivity index (χ1n) is 5.80. The average Bonchev–Trinajstić information content (AvgIpc) is 2.44. The van der Waals surface area contributed by atoms with Crippen LogP contribution in [0, 0.1) is 23.0 Å². The molecule has 0 atom stereocenters. The van der Waals surface area contributed by atoms with Crippen molar-refractivity contribution in [1.29, 1.82) is 5.26 Å². The molecule has 4 nitrogen and oxygen atoms in total. The van der Waals surface area contributed by atoms with Crippen LogP contribution < -0.4 is 5.73 Å². The zero-order valence-electron chi connectivity index (χ0n) is 10.7. The predicted octanol–water partition coefficient (Wildman–Crippen LogP) is 2.39. The lowest BCUT2D eigenvalue weighted by Gasteiger charge is -2.07. The lowest BCUT2D eigenvalue weighted by Crippen LogP contribution is -2.08. The molecule has 0 saturated carbocycles. The number of hydrogen-bond acceptors (Lipinski definition) is 4. The van der Waals surface area contributed by atoms with Gasteiger partial charge in [0, 0.05) is 5.56 Å². The fourth-order valence-corrected chi connectivity index (χ4v) is 3.10. The highest BCUT2D eigenvalue weighted by atomic mass is 32.2. The van der Waals surface area contributed by atoms with Gasteiger partial charge in [0.05, 0.1) is 28.0 Å². The summed E-state index contributed by atoms with van der Waals surface area (Å²) in [5, 5.41) is 8.75. The van der Waals surface area contributed by atoms with Crippen LogP contribution in [0.1, 0.15) is 11.1 Å². The highest BCUT2D eigenvalue weighted by molar-refractivity contribution is 7.90. The van der Waals surface area contributed by atoms with E-state index in [0.717, 1.165) is 30.3 Å². The molecule has 2 aromatic rings. The van der Waals surface area contributed by atoms with Crippen molar-refractivity contribution in [3.8, 4) is 6.07 Å². The predicted molar refractivity (Wildman–Crippen MR) is 72.8 cm³/mol. The molecule has 0 aliphatic heterocycles. The molecule has 0 unspecified atom stereocenters. The minimum Gasteiger partial charge on any atom is -0.396 e. The van der Waals surface area contributed by atoms with Gasteiger partial charge in [-0.2, -0.15) is 5.26 Å². The number of benzene rings is 2. The Bertz CT molecular complexity index is 843. The SMILES string of the molecule is N#Cc1ccc(F)c(CS(=O)(=O)c2ccc(N)c(F)c2)c1. The topological polar surface area (TPSA) is 84.0 Å². The van der Waals surface area contributed by atoms with E-state index in [1.54, 1.807) is 6.07 Å². The lowest BCUT2D eigenvalue weighted by molar-refractivity contribution is 0.584. The summed E-state index contributed by atoms with van der Waals surface area (Å²) in [6.07, 6.45) is 0. The van der Waals surface area contributed by atoms with Crippen molar-refractivity contribution < 1.29 is 17.2 Å². The molecule has 0 aromatic heterocycles. The van der Waals surface area contributed by atoms with Crippen LogP contribution in [-0.4, -0.2) is 8.42 Å². The van der Waals surface area contributed by atoms with Gasteiger partial charge in [0.2, 0.25) is 0 Å². The van der Waals surface area contributed by atoms with E-state index in [1.807, 2.05) is 0 Å². The minimum atomic E-state index is -3.95. The monoisotopic (exact) mass is 308 g/mol. The maximum atomic E-state index is 13.6. The quantitative estimate of drug-likeness (QED) is 0.882. The number of sulfone groups is 1. The number of nitriles is 1. The normalized spacial score (nSPS) is 11.1. The Morgan fingerprint density at radius 2 is 1.81 bits per heavy atom.